The minimum Gasteiger partial charge on any atom is -0.381 e. The number of primary amides is 1. The number of piperidine rings is 1. The second-order valence-corrected chi connectivity index (χ2v) is 4.91. The number of aliphatic hydroxyl groups is 1. The van der Waals surface area contributed by atoms with E-state index in [4.69, 9.17) is 5.73 Å². The lowest BCUT2D eigenvalue weighted by atomic mass is 10.1. The van der Waals surface area contributed by atoms with E-state index in [1.807, 2.05) is 16.8 Å². The van der Waals surface area contributed by atoms with Crippen LogP contribution < -0.4 is 16.4 Å². The van der Waals surface area contributed by atoms with Gasteiger partial charge in [0.05, 0.1) is 6.54 Å². The molecule has 1 fully saturated rings. The van der Waals surface area contributed by atoms with Crippen molar-refractivity contribution in [3.8, 4) is 0 Å². The number of amides is 2. The van der Waals surface area contributed by atoms with Crippen LogP contribution in [0.4, 0.5) is 0 Å². The van der Waals surface area contributed by atoms with Gasteiger partial charge in [0, 0.05) is 12.2 Å². The number of hydrogen-bond donors (Lipinski definition) is 4. The van der Waals surface area contributed by atoms with Gasteiger partial charge >= 0.3 is 0 Å². The molecule has 0 radical (unpaired) electrons. The van der Waals surface area contributed by atoms with Crippen LogP contribution in [0, 0.1) is 0 Å². The number of rotatable bonds is 5. The molecule has 0 bridgehead atoms. The van der Waals surface area contributed by atoms with Gasteiger partial charge in [-0.3, -0.25) is 9.59 Å². The number of carbonyl (C=O) groups is 2. The van der Waals surface area contributed by atoms with E-state index < -0.39 is 12.0 Å². The highest BCUT2D eigenvalue weighted by molar-refractivity contribution is 5.93. The van der Waals surface area contributed by atoms with E-state index in [0.29, 0.717) is 11.7 Å². The molecule has 1 aliphatic heterocycles. The number of hydrogen-bond acceptors (Lipinski definition) is 4. The molecule has 1 atom stereocenters. The molecule has 20 heavy (non-hydrogen) atoms. The molecule has 0 spiro atoms. The molecule has 2 amide bonds. The van der Waals surface area contributed by atoms with Gasteiger partial charge in [-0.1, -0.05) is 0 Å². The molecule has 0 aliphatic carbocycles. The first kappa shape index (κ1) is 14.5. The first-order valence-corrected chi connectivity index (χ1v) is 6.72. The van der Waals surface area contributed by atoms with Crippen LogP contribution in [0.15, 0.2) is 18.3 Å². The summed E-state index contributed by atoms with van der Waals surface area (Å²) in [7, 11) is 0. The minimum absolute atomic E-state index is 0.175. The van der Waals surface area contributed by atoms with Gasteiger partial charge in [0.2, 0.25) is 5.91 Å². The molecule has 110 valence electrons. The van der Waals surface area contributed by atoms with E-state index in [1.165, 1.54) is 0 Å². The van der Waals surface area contributed by atoms with E-state index in [1.54, 1.807) is 6.07 Å². The van der Waals surface area contributed by atoms with Crippen LogP contribution in [-0.2, 0) is 4.79 Å². The van der Waals surface area contributed by atoms with Crippen molar-refractivity contribution >= 4 is 11.8 Å². The first-order valence-electron chi connectivity index (χ1n) is 6.72. The molecule has 7 nitrogen and oxygen atoms in total. The number of aliphatic hydroxyl groups excluding tert-OH is 1. The number of nitrogens with one attached hydrogen (secondary N) is 2. The minimum atomic E-state index is -1.36. The molecule has 5 N–H and O–H groups in total. The standard InChI is InChI=1S/C13H20N4O3/c14-12(19)11(18)8-16-13(20)10-2-1-7-17(10)9-3-5-15-6-4-9/h1-2,7,9,11,15,18H,3-6,8H2,(H2,14,19)(H,16,20). The molecule has 0 aromatic carbocycles. The van der Waals surface area contributed by atoms with Gasteiger partial charge in [-0.2, -0.15) is 0 Å². The summed E-state index contributed by atoms with van der Waals surface area (Å²) in [6.07, 6.45) is 2.47. The predicted molar refractivity (Wildman–Crippen MR) is 73.1 cm³/mol. The summed E-state index contributed by atoms with van der Waals surface area (Å²) >= 11 is 0. The summed E-state index contributed by atoms with van der Waals surface area (Å²) in [6, 6.07) is 3.85. The maximum atomic E-state index is 12.1. The van der Waals surface area contributed by atoms with E-state index in [9.17, 15) is 14.7 Å². The lowest BCUT2D eigenvalue weighted by molar-refractivity contribution is -0.125. The second kappa shape index (κ2) is 6.53. The normalized spacial score (nSPS) is 17.6. The molecule has 1 aliphatic rings. The molecular weight excluding hydrogens is 260 g/mol. The fourth-order valence-electron chi connectivity index (χ4n) is 2.37. The Balaban J connectivity index is 1.99. The maximum Gasteiger partial charge on any atom is 0.268 e. The van der Waals surface area contributed by atoms with Gasteiger partial charge in [0.15, 0.2) is 0 Å². The third kappa shape index (κ3) is 3.37. The molecule has 1 aromatic rings. The summed E-state index contributed by atoms with van der Waals surface area (Å²) in [6.45, 7) is 1.69. The van der Waals surface area contributed by atoms with E-state index in [2.05, 4.69) is 10.6 Å². The molecule has 1 saturated heterocycles. The van der Waals surface area contributed by atoms with Crippen LogP contribution in [0.2, 0.25) is 0 Å². The Morgan fingerprint density at radius 2 is 2.20 bits per heavy atom. The van der Waals surface area contributed by atoms with Crippen LogP contribution in [0.3, 0.4) is 0 Å². The van der Waals surface area contributed by atoms with E-state index in [0.717, 1.165) is 25.9 Å². The Morgan fingerprint density at radius 1 is 1.50 bits per heavy atom. The molecule has 1 aromatic heterocycles. The summed E-state index contributed by atoms with van der Waals surface area (Å²) in [5.41, 5.74) is 5.47. The zero-order valence-corrected chi connectivity index (χ0v) is 11.2. The highest BCUT2D eigenvalue weighted by Crippen LogP contribution is 2.21. The van der Waals surface area contributed by atoms with Crippen molar-refractivity contribution < 1.29 is 14.7 Å². The van der Waals surface area contributed by atoms with Crippen molar-refractivity contribution in [1.82, 2.24) is 15.2 Å². The van der Waals surface area contributed by atoms with Gasteiger partial charge in [0.25, 0.3) is 5.91 Å². The summed E-state index contributed by atoms with van der Waals surface area (Å²) in [5, 5.41) is 15.1. The monoisotopic (exact) mass is 280 g/mol. The molecule has 7 heteroatoms. The molecule has 2 rings (SSSR count). The fraction of sp³-hybridized carbons (Fsp3) is 0.538. The van der Waals surface area contributed by atoms with Gasteiger partial charge in [-0.15, -0.1) is 0 Å². The van der Waals surface area contributed by atoms with Gasteiger partial charge in [-0.25, -0.2) is 0 Å². The van der Waals surface area contributed by atoms with E-state index in [-0.39, 0.29) is 12.5 Å². The van der Waals surface area contributed by atoms with Crippen LogP contribution in [0.25, 0.3) is 0 Å². The van der Waals surface area contributed by atoms with Gasteiger partial charge in [0.1, 0.15) is 11.8 Å². The number of aromatic nitrogens is 1. The predicted octanol–water partition coefficient (Wildman–Crippen LogP) is -1.01. The third-order valence-corrected chi connectivity index (χ3v) is 3.50. The molecule has 1 unspecified atom stereocenters. The number of carbonyl (C=O) groups excluding carboxylic acids is 2. The zero-order valence-electron chi connectivity index (χ0n) is 11.2. The Kier molecular flexibility index (Phi) is 4.75. The average molecular weight is 280 g/mol. The van der Waals surface area contributed by atoms with Crippen molar-refractivity contribution in [2.24, 2.45) is 5.73 Å². The Morgan fingerprint density at radius 3 is 2.85 bits per heavy atom. The second-order valence-electron chi connectivity index (χ2n) is 4.91. The largest absolute Gasteiger partial charge is 0.381 e. The Hall–Kier alpha value is -1.86. The van der Waals surface area contributed by atoms with Crippen LogP contribution in [-0.4, -0.2) is 47.2 Å². The van der Waals surface area contributed by atoms with Crippen molar-refractivity contribution in [3.05, 3.63) is 24.0 Å². The zero-order chi connectivity index (χ0) is 14.5. The summed E-state index contributed by atoms with van der Waals surface area (Å²) in [5.74, 6) is -1.16. The summed E-state index contributed by atoms with van der Waals surface area (Å²) < 4.78 is 1.95. The van der Waals surface area contributed by atoms with E-state index >= 15 is 0 Å². The molecular formula is C13H20N4O3. The lowest BCUT2D eigenvalue weighted by Gasteiger charge is -2.26. The fourth-order valence-corrected chi connectivity index (χ4v) is 2.37. The Bertz CT molecular complexity index is 480. The van der Waals surface area contributed by atoms with Crippen molar-refractivity contribution in [1.29, 1.82) is 0 Å². The van der Waals surface area contributed by atoms with Gasteiger partial charge in [-0.05, 0) is 38.1 Å². The van der Waals surface area contributed by atoms with Crippen molar-refractivity contribution in [3.63, 3.8) is 0 Å². The third-order valence-electron chi connectivity index (χ3n) is 3.50. The Labute approximate surface area is 117 Å². The van der Waals surface area contributed by atoms with Crippen LogP contribution >= 0.6 is 0 Å². The summed E-state index contributed by atoms with van der Waals surface area (Å²) in [4.78, 5) is 22.8. The van der Waals surface area contributed by atoms with Crippen molar-refractivity contribution in [2.45, 2.75) is 25.0 Å². The highest BCUT2D eigenvalue weighted by Gasteiger charge is 2.20. The van der Waals surface area contributed by atoms with Crippen molar-refractivity contribution in [2.75, 3.05) is 19.6 Å². The number of nitrogens with two attached hydrogens (primary N) is 1. The SMILES string of the molecule is NC(=O)C(O)CNC(=O)c1cccn1C1CCNCC1. The smallest absolute Gasteiger partial charge is 0.268 e. The van der Waals surface area contributed by atoms with Crippen LogP contribution in [0.5, 0.6) is 0 Å². The maximum absolute atomic E-state index is 12.1. The van der Waals surface area contributed by atoms with Gasteiger partial charge < -0.3 is 26.0 Å². The molecule has 2 heterocycles. The quantitative estimate of drug-likeness (QED) is 0.554. The highest BCUT2D eigenvalue weighted by atomic mass is 16.3. The first-order chi connectivity index (χ1) is 9.59. The number of nitrogens with zero attached hydrogens (tertiary/aromatic N) is 1. The van der Waals surface area contributed by atoms with Crippen LogP contribution in [0.1, 0.15) is 29.4 Å². The topological polar surface area (TPSA) is 109 Å². The molecule has 0 saturated carbocycles. The lowest BCUT2D eigenvalue weighted by Crippen LogP contribution is -2.40. The average Bonchev–Trinajstić information content (AvgIpc) is 2.94.